The first-order chi connectivity index (χ1) is 7.78. The quantitative estimate of drug-likeness (QED) is 0.662. The van der Waals surface area contributed by atoms with Crippen LogP contribution in [0.4, 0.5) is 0 Å². The van der Waals surface area contributed by atoms with E-state index in [9.17, 15) is 4.79 Å². The van der Waals surface area contributed by atoms with Gasteiger partial charge in [-0.3, -0.25) is 10.5 Å². The van der Waals surface area contributed by atoms with Crippen molar-refractivity contribution in [1.29, 1.82) is 0 Å². The average molecular weight is 223 g/mol. The highest BCUT2D eigenvalue weighted by Gasteiger charge is 2.40. The summed E-state index contributed by atoms with van der Waals surface area (Å²) in [7, 11) is 0. The van der Waals surface area contributed by atoms with Gasteiger partial charge in [-0.05, 0) is 25.7 Å². The van der Waals surface area contributed by atoms with Gasteiger partial charge in [0.25, 0.3) is 0 Å². The molecule has 16 heavy (non-hydrogen) atoms. The highest BCUT2D eigenvalue weighted by molar-refractivity contribution is 5.83. The highest BCUT2D eigenvalue weighted by Crippen LogP contribution is 2.37. The Morgan fingerprint density at radius 1 is 1.00 bits per heavy atom. The fourth-order valence-electron chi connectivity index (χ4n) is 3.13. The molecule has 91 valence electrons. The molecule has 1 aliphatic carbocycles. The van der Waals surface area contributed by atoms with Gasteiger partial charge in [0.05, 0.1) is 5.41 Å². The molecule has 0 aromatic heterocycles. The Hall–Kier alpha value is -0.570. The molecule has 2 aliphatic rings. The predicted molar refractivity (Wildman–Crippen MR) is 63.9 cm³/mol. The van der Waals surface area contributed by atoms with E-state index in [1.807, 2.05) is 4.90 Å². The zero-order valence-electron chi connectivity index (χ0n) is 10.1. The maximum atomic E-state index is 12.5. The first kappa shape index (κ1) is 11.9. The van der Waals surface area contributed by atoms with Gasteiger partial charge in [-0.25, -0.2) is 0 Å². The number of amides is 1. The Kier molecular flexibility index (Phi) is 3.85. The monoisotopic (exact) mass is 223 g/mol. The standard InChI is InChI=1S/C13H23N2O/c14-11-13(7-3-1-2-4-8-13)12(16)15-9-5-6-10-15/h14H,1-11H2. The van der Waals surface area contributed by atoms with E-state index in [1.54, 1.807) is 0 Å². The van der Waals surface area contributed by atoms with Gasteiger partial charge in [0, 0.05) is 19.6 Å². The van der Waals surface area contributed by atoms with Crippen LogP contribution in [0.3, 0.4) is 0 Å². The molecule has 1 radical (unpaired) electrons. The molecule has 2 rings (SSSR count). The fraction of sp³-hybridized carbons (Fsp3) is 0.923. The second kappa shape index (κ2) is 5.17. The SMILES string of the molecule is [NH]CC1(C(=O)N2CCCC2)CCCCCC1. The molecule has 0 unspecified atom stereocenters. The smallest absolute Gasteiger partial charge is 0.230 e. The summed E-state index contributed by atoms with van der Waals surface area (Å²) < 4.78 is 0. The second-order valence-corrected chi connectivity index (χ2v) is 5.37. The molecule has 2 fully saturated rings. The predicted octanol–water partition coefficient (Wildman–Crippen LogP) is 2.23. The Bertz CT molecular complexity index is 238. The van der Waals surface area contributed by atoms with Crippen LogP contribution in [-0.4, -0.2) is 30.4 Å². The van der Waals surface area contributed by atoms with Crippen molar-refractivity contribution in [1.82, 2.24) is 10.6 Å². The van der Waals surface area contributed by atoms with Crippen molar-refractivity contribution in [2.45, 2.75) is 51.4 Å². The van der Waals surface area contributed by atoms with E-state index in [-0.39, 0.29) is 5.41 Å². The van der Waals surface area contributed by atoms with E-state index in [2.05, 4.69) is 0 Å². The molecular weight excluding hydrogens is 200 g/mol. The largest absolute Gasteiger partial charge is 0.342 e. The van der Waals surface area contributed by atoms with Crippen molar-refractivity contribution < 1.29 is 4.79 Å². The molecule has 1 amide bonds. The van der Waals surface area contributed by atoms with Crippen LogP contribution in [-0.2, 0) is 4.79 Å². The molecule has 0 aromatic carbocycles. The number of nitrogens with zero attached hydrogens (tertiary/aromatic N) is 1. The van der Waals surface area contributed by atoms with Gasteiger partial charge in [0.15, 0.2) is 0 Å². The van der Waals surface area contributed by atoms with Crippen LogP contribution in [0.15, 0.2) is 0 Å². The lowest BCUT2D eigenvalue weighted by atomic mass is 9.79. The Morgan fingerprint density at radius 3 is 2.06 bits per heavy atom. The molecule has 0 spiro atoms. The summed E-state index contributed by atoms with van der Waals surface area (Å²) in [6.07, 6.45) is 8.97. The summed E-state index contributed by atoms with van der Waals surface area (Å²) in [6.45, 7) is 2.16. The van der Waals surface area contributed by atoms with Crippen molar-refractivity contribution in [3.8, 4) is 0 Å². The number of carbonyl (C=O) groups is 1. The van der Waals surface area contributed by atoms with Crippen LogP contribution >= 0.6 is 0 Å². The molecule has 0 aromatic rings. The van der Waals surface area contributed by atoms with Gasteiger partial charge >= 0.3 is 0 Å². The lowest BCUT2D eigenvalue weighted by Gasteiger charge is -2.33. The molecule has 1 saturated heterocycles. The van der Waals surface area contributed by atoms with Gasteiger partial charge < -0.3 is 4.90 Å². The zero-order chi connectivity index (χ0) is 11.4. The molecule has 3 heteroatoms. The molecular formula is C13H23N2O. The highest BCUT2D eigenvalue weighted by atomic mass is 16.2. The maximum Gasteiger partial charge on any atom is 0.230 e. The van der Waals surface area contributed by atoms with Gasteiger partial charge in [0.2, 0.25) is 5.91 Å². The number of likely N-dealkylation sites (tertiary alicyclic amines) is 1. The van der Waals surface area contributed by atoms with Gasteiger partial charge in [-0.15, -0.1) is 0 Å². The van der Waals surface area contributed by atoms with Gasteiger partial charge in [-0.1, -0.05) is 25.7 Å². The molecule has 1 heterocycles. The van der Waals surface area contributed by atoms with Crippen LogP contribution in [0.25, 0.3) is 0 Å². The van der Waals surface area contributed by atoms with Crippen molar-refractivity contribution in [3.05, 3.63) is 0 Å². The second-order valence-electron chi connectivity index (χ2n) is 5.37. The molecule has 1 N–H and O–H groups in total. The van der Waals surface area contributed by atoms with E-state index in [4.69, 9.17) is 5.73 Å². The molecule has 1 saturated carbocycles. The summed E-state index contributed by atoms with van der Waals surface area (Å²) in [5.74, 6) is 0.293. The fourth-order valence-corrected chi connectivity index (χ4v) is 3.13. The number of nitrogens with one attached hydrogen (secondary N) is 1. The number of rotatable bonds is 2. The van der Waals surface area contributed by atoms with E-state index in [0.29, 0.717) is 12.5 Å². The molecule has 1 aliphatic heterocycles. The van der Waals surface area contributed by atoms with Crippen molar-refractivity contribution in [2.75, 3.05) is 19.6 Å². The third-order valence-electron chi connectivity index (χ3n) is 4.25. The zero-order valence-corrected chi connectivity index (χ0v) is 10.1. The number of hydrogen-bond acceptors (Lipinski definition) is 1. The topological polar surface area (TPSA) is 44.1 Å². The van der Waals surface area contributed by atoms with E-state index >= 15 is 0 Å². The summed E-state index contributed by atoms with van der Waals surface area (Å²) >= 11 is 0. The van der Waals surface area contributed by atoms with Crippen molar-refractivity contribution in [3.63, 3.8) is 0 Å². The van der Waals surface area contributed by atoms with E-state index < -0.39 is 0 Å². The van der Waals surface area contributed by atoms with Crippen molar-refractivity contribution in [2.24, 2.45) is 5.41 Å². The van der Waals surface area contributed by atoms with E-state index in [1.165, 1.54) is 12.8 Å². The Balaban J connectivity index is 2.08. The average Bonchev–Trinajstić information content (AvgIpc) is 2.73. The first-order valence-electron chi connectivity index (χ1n) is 6.72. The van der Waals surface area contributed by atoms with Crippen LogP contribution in [0.5, 0.6) is 0 Å². The van der Waals surface area contributed by atoms with Gasteiger partial charge in [-0.2, -0.15) is 0 Å². The minimum atomic E-state index is -0.319. The summed E-state index contributed by atoms with van der Waals surface area (Å²) in [5, 5.41) is 0. The summed E-state index contributed by atoms with van der Waals surface area (Å²) in [6, 6.07) is 0. The summed E-state index contributed by atoms with van der Waals surface area (Å²) in [4.78, 5) is 14.5. The lowest BCUT2D eigenvalue weighted by molar-refractivity contribution is -0.141. The minimum Gasteiger partial charge on any atom is -0.342 e. The molecule has 3 nitrogen and oxygen atoms in total. The third kappa shape index (κ3) is 2.24. The van der Waals surface area contributed by atoms with Crippen LogP contribution in [0, 0.1) is 5.41 Å². The number of hydrogen-bond donors (Lipinski definition) is 0. The van der Waals surface area contributed by atoms with Crippen LogP contribution < -0.4 is 5.73 Å². The third-order valence-corrected chi connectivity index (χ3v) is 4.25. The number of carbonyl (C=O) groups excluding carboxylic acids is 1. The summed E-state index contributed by atoms with van der Waals surface area (Å²) in [5.41, 5.74) is 7.47. The van der Waals surface area contributed by atoms with E-state index in [0.717, 1.165) is 51.6 Å². The van der Waals surface area contributed by atoms with Crippen molar-refractivity contribution >= 4 is 5.91 Å². The van der Waals surface area contributed by atoms with Gasteiger partial charge in [0.1, 0.15) is 0 Å². The van der Waals surface area contributed by atoms with Crippen LogP contribution in [0.2, 0.25) is 0 Å². The minimum absolute atomic E-state index is 0.293. The lowest BCUT2D eigenvalue weighted by Crippen LogP contribution is -2.45. The Morgan fingerprint density at radius 2 is 1.56 bits per heavy atom. The molecule has 0 bridgehead atoms. The normalized spacial score (nSPS) is 25.4. The maximum absolute atomic E-state index is 12.5. The molecule has 0 atom stereocenters. The first-order valence-corrected chi connectivity index (χ1v) is 6.72. The van der Waals surface area contributed by atoms with Crippen LogP contribution in [0.1, 0.15) is 51.4 Å². The Labute approximate surface area is 98.4 Å².